The SMILES string of the molecule is CCCCCCCCCCCCCCCCCCCC(=O)SCCNC(=O)CCNC(=O)CO. The molecule has 0 aliphatic heterocycles. The van der Waals surface area contributed by atoms with Gasteiger partial charge in [0.05, 0.1) is 0 Å². The lowest BCUT2D eigenvalue weighted by atomic mass is 10.0. The van der Waals surface area contributed by atoms with E-state index in [1.54, 1.807) is 0 Å². The molecule has 0 unspecified atom stereocenters. The first-order chi connectivity index (χ1) is 16.6. The average molecular weight is 501 g/mol. The largest absolute Gasteiger partial charge is 0.387 e. The van der Waals surface area contributed by atoms with Gasteiger partial charge in [-0.3, -0.25) is 14.4 Å². The van der Waals surface area contributed by atoms with Crippen LogP contribution in [0.1, 0.15) is 129 Å². The summed E-state index contributed by atoms with van der Waals surface area (Å²) in [5, 5.41) is 13.9. The van der Waals surface area contributed by atoms with Gasteiger partial charge < -0.3 is 15.7 Å². The number of hydrogen-bond donors (Lipinski definition) is 3. The van der Waals surface area contributed by atoms with Crippen molar-refractivity contribution >= 4 is 28.7 Å². The van der Waals surface area contributed by atoms with Crippen molar-refractivity contribution in [2.75, 3.05) is 25.4 Å². The van der Waals surface area contributed by atoms with E-state index in [1.807, 2.05) is 0 Å². The maximum Gasteiger partial charge on any atom is 0.245 e. The van der Waals surface area contributed by atoms with Crippen molar-refractivity contribution in [1.82, 2.24) is 10.6 Å². The Morgan fingerprint density at radius 1 is 0.588 bits per heavy atom. The Kier molecular flexibility index (Phi) is 25.7. The molecule has 0 radical (unpaired) electrons. The molecule has 7 heteroatoms. The summed E-state index contributed by atoms with van der Waals surface area (Å²) in [5.41, 5.74) is 0. The van der Waals surface area contributed by atoms with Gasteiger partial charge in [-0.2, -0.15) is 0 Å². The van der Waals surface area contributed by atoms with Gasteiger partial charge in [-0.1, -0.05) is 121 Å². The van der Waals surface area contributed by atoms with Crippen LogP contribution in [0.15, 0.2) is 0 Å². The lowest BCUT2D eigenvalue weighted by Gasteiger charge is -2.06. The van der Waals surface area contributed by atoms with E-state index in [0.29, 0.717) is 18.7 Å². The zero-order valence-corrected chi connectivity index (χ0v) is 22.7. The van der Waals surface area contributed by atoms with Crippen molar-refractivity contribution in [1.29, 1.82) is 0 Å². The lowest BCUT2D eigenvalue weighted by molar-refractivity contribution is -0.124. The number of hydrogen-bond acceptors (Lipinski definition) is 5. The van der Waals surface area contributed by atoms with Gasteiger partial charge in [-0.15, -0.1) is 0 Å². The van der Waals surface area contributed by atoms with Crippen molar-refractivity contribution in [2.45, 2.75) is 129 Å². The fraction of sp³-hybridized carbons (Fsp3) is 0.889. The fourth-order valence-electron chi connectivity index (χ4n) is 3.88. The number of nitrogens with one attached hydrogen (secondary N) is 2. The quantitative estimate of drug-likeness (QED) is 0.136. The van der Waals surface area contributed by atoms with E-state index in [4.69, 9.17) is 5.11 Å². The van der Waals surface area contributed by atoms with E-state index in [9.17, 15) is 14.4 Å². The summed E-state index contributed by atoms with van der Waals surface area (Å²) in [6.07, 6.45) is 23.5. The highest BCUT2D eigenvalue weighted by Crippen LogP contribution is 2.15. The molecule has 0 atom stereocenters. The molecule has 0 spiro atoms. The summed E-state index contributed by atoms with van der Waals surface area (Å²) in [5.74, 6) is -0.0789. The maximum absolute atomic E-state index is 11.9. The minimum Gasteiger partial charge on any atom is -0.387 e. The Morgan fingerprint density at radius 3 is 1.50 bits per heavy atom. The molecular weight excluding hydrogens is 448 g/mol. The van der Waals surface area contributed by atoms with Gasteiger partial charge in [0.1, 0.15) is 6.61 Å². The van der Waals surface area contributed by atoms with Crippen molar-refractivity contribution < 1.29 is 19.5 Å². The Hall–Kier alpha value is -1.08. The first-order valence-corrected chi connectivity index (χ1v) is 14.9. The van der Waals surface area contributed by atoms with Crippen molar-refractivity contribution in [2.24, 2.45) is 0 Å². The van der Waals surface area contributed by atoms with Gasteiger partial charge in [-0.25, -0.2) is 0 Å². The predicted octanol–water partition coefficient (Wildman–Crippen LogP) is 5.90. The molecule has 0 fully saturated rings. The second kappa shape index (κ2) is 26.5. The van der Waals surface area contributed by atoms with Crippen molar-refractivity contribution in [3.8, 4) is 0 Å². The standard InChI is InChI=1S/C27H52N2O4S/c1-2-3-4-5-6-7-8-9-10-11-12-13-14-15-16-17-18-19-27(33)34-23-22-29-25(31)20-21-28-26(32)24-30/h30H,2-24H2,1H3,(H,28,32)(H,29,31). The summed E-state index contributed by atoms with van der Waals surface area (Å²) in [6.45, 7) is 2.35. The van der Waals surface area contributed by atoms with Crippen molar-refractivity contribution in [3.05, 3.63) is 0 Å². The van der Waals surface area contributed by atoms with E-state index >= 15 is 0 Å². The van der Waals surface area contributed by atoms with E-state index in [2.05, 4.69) is 17.6 Å². The molecule has 0 aliphatic carbocycles. The first-order valence-electron chi connectivity index (χ1n) is 13.9. The average Bonchev–Trinajstić information content (AvgIpc) is 2.83. The van der Waals surface area contributed by atoms with Crippen LogP contribution in [0, 0.1) is 0 Å². The van der Waals surface area contributed by atoms with Crippen LogP contribution in [-0.4, -0.2) is 47.5 Å². The molecule has 0 aliphatic rings. The monoisotopic (exact) mass is 500 g/mol. The molecule has 0 rings (SSSR count). The summed E-state index contributed by atoms with van der Waals surface area (Å²) < 4.78 is 0. The number of amides is 2. The zero-order valence-electron chi connectivity index (χ0n) is 21.8. The number of aliphatic hydroxyl groups excluding tert-OH is 1. The number of carbonyl (C=O) groups excluding carboxylic acids is 3. The molecule has 0 aromatic rings. The summed E-state index contributed by atoms with van der Waals surface area (Å²) in [6, 6.07) is 0. The number of aliphatic hydroxyl groups is 1. The van der Waals surface area contributed by atoms with E-state index < -0.39 is 12.5 Å². The second-order valence-electron chi connectivity index (χ2n) is 9.24. The minimum absolute atomic E-state index is 0.167. The number of carbonyl (C=O) groups is 3. The number of rotatable bonds is 25. The van der Waals surface area contributed by atoms with Gasteiger partial charge in [0, 0.05) is 31.7 Å². The van der Waals surface area contributed by atoms with Crippen LogP contribution in [0.5, 0.6) is 0 Å². The van der Waals surface area contributed by atoms with E-state index in [1.165, 1.54) is 108 Å². The molecule has 6 nitrogen and oxygen atoms in total. The lowest BCUT2D eigenvalue weighted by Crippen LogP contribution is -2.32. The van der Waals surface area contributed by atoms with Gasteiger partial charge in [0.2, 0.25) is 11.8 Å². The van der Waals surface area contributed by atoms with Crippen LogP contribution in [-0.2, 0) is 14.4 Å². The molecular formula is C27H52N2O4S. The smallest absolute Gasteiger partial charge is 0.245 e. The number of thioether (sulfide) groups is 1. The van der Waals surface area contributed by atoms with Gasteiger partial charge in [0.15, 0.2) is 5.12 Å². The molecule has 0 bridgehead atoms. The minimum atomic E-state index is -0.570. The first kappa shape index (κ1) is 32.9. The number of unbranched alkanes of at least 4 members (excludes halogenated alkanes) is 16. The van der Waals surface area contributed by atoms with Crippen LogP contribution < -0.4 is 10.6 Å². The van der Waals surface area contributed by atoms with Crippen LogP contribution >= 0.6 is 11.8 Å². The molecule has 2 amide bonds. The molecule has 0 saturated heterocycles. The van der Waals surface area contributed by atoms with Crippen LogP contribution in [0.2, 0.25) is 0 Å². The second-order valence-corrected chi connectivity index (χ2v) is 10.4. The summed E-state index contributed by atoms with van der Waals surface area (Å²) >= 11 is 1.28. The van der Waals surface area contributed by atoms with Gasteiger partial charge in [0.25, 0.3) is 0 Å². The predicted molar refractivity (Wildman–Crippen MR) is 144 cm³/mol. The Bertz CT molecular complexity index is 503. The van der Waals surface area contributed by atoms with Gasteiger partial charge in [-0.05, 0) is 6.42 Å². The van der Waals surface area contributed by atoms with Gasteiger partial charge >= 0.3 is 0 Å². The Morgan fingerprint density at radius 2 is 1.03 bits per heavy atom. The molecule has 0 aromatic carbocycles. The summed E-state index contributed by atoms with van der Waals surface area (Å²) in [4.78, 5) is 34.3. The molecule has 34 heavy (non-hydrogen) atoms. The Labute approximate surface area is 213 Å². The molecule has 3 N–H and O–H groups in total. The molecule has 200 valence electrons. The third-order valence-electron chi connectivity index (χ3n) is 5.99. The topological polar surface area (TPSA) is 95.5 Å². The maximum atomic E-state index is 11.9. The van der Waals surface area contributed by atoms with Crippen molar-refractivity contribution in [3.63, 3.8) is 0 Å². The van der Waals surface area contributed by atoms with E-state index in [0.717, 1.165) is 12.8 Å². The highest BCUT2D eigenvalue weighted by Gasteiger charge is 2.05. The van der Waals surface area contributed by atoms with Crippen LogP contribution in [0.3, 0.4) is 0 Å². The molecule has 0 heterocycles. The third kappa shape index (κ3) is 25.5. The highest BCUT2D eigenvalue weighted by atomic mass is 32.2. The third-order valence-corrected chi connectivity index (χ3v) is 6.92. The zero-order chi connectivity index (χ0) is 25.1. The van der Waals surface area contributed by atoms with Crippen LogP contribution in [0.25, 0.3) is 0 Å². The summed E-state index contributed by atoms with van der Waals surface area (Å²) in [7, 11) is 0. The highest BCUT2D eigenvalue weighted by molar-refractivity contribution is 8.13. The fourth-order valence-corrected chi connectivity index (χ4v) is 4.60. The Balaban J connectivity index is 3.26. The van der Waals surface area contributed by atoms with E-state index in [-0.39, 0.29) is 24.0 Å². The van der Waals surface area contributed by atoms with Crippen LogP contribution in [0.4, 0.5) is 0 Å². The normalized spacial score (nSPS) is 10.9. The molecule has 0 saturated carbocycles. The molecule has 0 aromatic heterocycles.